The Bertz CT molecular complexity index is 1150. The summed E-state index contributed by atoms with van der Waals surface area (Å²) < 4.78 is 0. The molecule has 2 aromatic carbocycles. The normalized spacial score (nSPS) is 22.6. The molecule has 1 fully saturated rings. The van der Waals surface area contributed by atoms with Crippen LogP contribution >= 0.6 is 0 Å². The maximum atomic E-state index is 13.4. The molecule has 1 saturated heterocycles. The first kappa shape index (κ1) is 17.4. The molecule has 1 aromatic heterocycles. The first-order valence-corrected chi connectivity index (χ1v) is 9.57. The Kier molecular flexibility index (Phi) is 3.87. The third-order valence-electron chi connectivity index (χ3n) is 5.99. The van der Waals surface area contributed by atoms with Crippen molar-refractivity contribution in [3.05, 3.63) is 100.0 Å². The molecule has 2 unspecified atom stereocenters. The van der Waals surface area contributed by atoms with Crippen LogP contribution in [0, 0.1) is 0 Å². The number of para-hydroxylation sites is 1. The van der Waals surface area contributed by atoms with Crippen LogP contribution in [0.3, 0.4) is 0 Å². The summed E-state index contributed by atoms with van der Waals surface area (Å²) in [6, 6.07) is 19.8. The van der Waals surface area contributed by atoms with E-state index in [1.54, 1.807) is 4.90 Å². The minimum atomic E-state index is -0.838. The van der Waals surface area contributed by atoms with Crippen LogP contribution in [0.15, 0.2) is 77.7 Å². The Morgan fingerprint density at radius 3 is 2.48 bits per heavy atom. The van der Waals surface area contributed by atoms with E-state index in [-0.39, 0.29) is 17.4 Å². The Labute approximate surface area is 167 Å². The number of H-pyrrole nitrogens is 1. The van der Waals surface area contributed by atoms with Crippen molar-refractivity contribution in [3.8, 4) is 0 Å². The number of carbonyl (C=O) groups excluding carboxylic acids is 2. The molecule has 144 valence electrons. The minimum absolute atomic E-state index is 0.0793. The van der Waals surface area contributed by atoms with Gasteiger partial charge in [-0.05, 0) is 29.7 Å². The lowest BCUT2D eigenvalue weighted by molar-refractivity contribution is -0.121. The van der Waals surface area contributed by atoms with Gasteiger partial charge < -0.3 is 15.2 Å². The molecular formula is C23H19N3O3. The highest BCUT2D eigenvalue weighted by Crippen LogP contribution is 2.54. The summed E-state index contributed by atoms with van der Waals surface area (Å²) in [7, 11) is 0. The zero-order valence-electron chi connectivity index (χ0n) is 15.6. The monoisotopic (exact) mass is 385 g/mol. The van der Waals surface area contributed by atoms with E-state index in [0.717, 1.165) is 16.8 Å². The Balaban J connectivity index is 1.66. The lowest BCUT2D eigenvalue weighted by atomic mass is 9.72. The number of fused-ring (bicyclic) bond motifs is 2. The van der Waals surface area contributed by atoms with Crippen LogP contribution in [-0.2, 0) is 10.2 Å². The molecule has 3 heterocycles. The summed E-state index contributed by atoms with van der Waals surface area (Å²) in [6.07, 6.45) is 1.96. The zero-order chi connectivity index (χ0) is 20.0. The van der Waals surface area contributed by atoms with Crippen LogP contribution < -0.4 is 10.9 Å². The van der Waals surface area contributed by atoms with E-state index in [2.05, 4.69) is 10.3 Å². The molecule has 0 radical (unpaired) electrons. The van der Waals surface area contributed by atoms with Gasteiger partial charge in [-0.25, -0.2) is 0 Å². The molecular weight excluding hydrogens is 366 g/mol. The van der Waals surface area contributed by atoms with Crippen LogP contribution in [0.1, 0.15) is 33.9 Å². The lowest BCUT2D eigenvalue weighted by Crippen LogP contribution is -2.42. The smallest absolute Gasteiger partial charge is 0.255 e. The highest BCUT2D eigenvalue weighted by Gasteiger charge is 2.59. The molecule has 2 aliphatic heterocycles. The number of rotatable bonds is 2. The molecule has 0 saturated carbocycles. The third-order valence-corrected chi connectivity index (χ3v) is 5.99. The van der Waals surface area contributed by atoms with Crippen LogP contribution in [0.5, 0.6) is 0 Å². The second-order valence-corrected chi connectivity index (χ2v) is 7.47. The molecule has 29 heavy (non-hydrogen) atoms. The Morgan fingerprint density at radius 2 is 1.72 bits per heavy atom. The summed E-state index contributed by atoms with van der Waals surface area (Å²) in [5.41, 5.74) is 1.94. The quantitative estimate of drug-likeness (QED) is 0.712. The van der Waals surface area contributed by atoms with E-state index in [4.69, 9.17) is 0 Å². The maximum Gasteiger partial charge on any atom is 0.255 e. The van der Waals surface area contributed by atoms with Crippen molar-refractivity contribution in [2.24, 2.45) is 0 Å². The number of hydrogen-bond acceptors (Lipinski definition) is 3. The van der Waals surface area contributed by atoms with E-state index in [0.29, 0.717) is 18.5 Å². The van der Waals surface area contributed by atoms with Crippen LogP contribution in [0.25, 0.3) is 0 Å². The van der Waals surface area contributed by atoms with E-state index >= 15 is 0 Å². The molecule has 0 aliphatic carbocycles. The van der Waals surface area contributed by atoms with Gasteiger partial charge in [0.05, 0.1) is 11.6 Å². The molecule has 2 atom stereocenters. The van der Waals surface area contributed by atoms with Crippen molar-refractivity contribution in [2.75, 3.05) is 11.9 Å². The summed E-state index contributed by atoms with van der Waals surface area (Å²) in [4.78, 5) is 42.4. The van der Waals surface area contributed by atoms with Crippen molar-refractivity contribution in [2.45, 2.75) is 17.9 Å². The molecule has 6 nitrogen and oxygen atoms in total. The zero-order valence-corrected chi connectivity index (χ0v) is 15.6. The Hall–Kier alpha value is -3.67. The fraction of sp³-hybridized carbons (Fsp3) is 0.174. The number of amides is 2. The number of aromatic amines is 1. The number of nitrogens with one attached hydrogen (secondary N) is 2. The van der Waals surface area contributed by atoms with Crippen molar-refractivity contribution in [3.63, 3.8) is 0 Å². The summed E-state index contributed by atoms with van der Waals surface area (Å²) in [5.74, 6) is -0.284. The number of benzene rings is 2. The first-order valence-electron chi connectivity index (χ1n) is 9.57. The van der Waals surface area contributed by atoms with Gasteiger partial charge in [-0.15, -0.1) is 0 Å². The van der Waals surface area contributed by atoms with Crippen LogP contribution in [0.2, 0.25) is 0 Å². The summed E-state index contributed by atoms with van der Waals surface area (Å²) in [6.45, 7) is 0.444. The first-order chi connectivity index (χ1) is 14.1. The number of carbonyl (C=O) groups is 2. The van der Waals surface area contributed by atoms with E-state index in [9.17, 15) is 14.4 Å². The van der Waals surface area contributed by atoms with E-state index in [1.807, 2.05) is 54.6 Å². The van der Waals surface area contributed by atoms with Crippen molar-refractivity contribution in [1.82, 2.24) is 9.88 Å². The van der Waals surface area contributed by atoms with Gasteiger partial charge in [0.2, 0.25) is 11.5 Å². The van der Waals surface area contributed by atoms with Gasteiger partial charge in [0, 0.05) is 24.5 Å². The largest absolute Gasteiger partial charge is 0.330 e. The molecule has 2 N–H and O–H groups in total. The topological polar surface area (TPSA) is 82.3 Å². The highest BCUT2D eigenvalue weighted by atomic mass is 16.2. The molecule has 2 amide bonds. The van der Waals surface area contributed by atoms with E-state index in [1.165, 1.54) is 18.3 Å². The second-order valence-electron chi connectivity index (χ2n) is 7.47. The van der Waals surface area contributed by atoms with E-state index < -0.39 is 11.5 Å². The van der Waals surface area contributed by atoms with Crippen LogP contribution in [-0.4, -0.2) is 28.2 Å². The molecule has 3 aromatic rings. The van der Waals surface area contributed by atoms with Gasteiger partial charge >= 0.3 is 0 Å². The molecule has 2 aliphatic rings. The standard InChI is InChI=1S/C23H19N3O3/c27-19-11-10-16(14-24-19)21(28)26-13-12-23(20(26)15-6-2-1-3-7-15)17-8-4-5-9-18(17)25-22(23)29/h1-11,14,20H,12-13H2,(H,24,27)(H,25,29). The number of nitrogens with zero attached hydrogens (tertiary/aromatic N) is 1. The van der Waals surface area contributed by atoms with Crippen LogP contribution in [0.4, 0.5) is 5.69 Å². The average molecular weight is 385 g/mol. The van der Waals surface area contributed by atoms with Gasteiger partial charge in [0.1, 0.15) is 5.41 Å². The number of likely N-dealkylation sites (tertiary alicyclic amines) is 1. The van der Waals surface area contributed by atoms with Gasteiger partial charge in [-0.1, -0.05) is 48.5 Å². The van der Waals surface area contributed by atoms with Crippen molar-refractivity contribution >= 4 is 17.5 Å². The molecule has 1 spiro atoms. The fourth-order valence-electron chi connectivity index (χ4n) is 4.71. The SMILES string of the molecule is O=C(c1ccc(=O)[nH]c1)N1CCC2(C(=O)Nc3ccccc32)C1c1ccccc1. The van der Waals surface area contributed by atoms with Gasteiger partial charge in [-0.3, -0.25) is 14.4 Å². The number of hydrogen-bond donors (Lipinski definition) is 2. The number of pyridine rings is 1. The van der Waals surface area contributed by atoms with Crippen molar-refractivity contribution < 1.29 is 9.59 Å². The second kappa shape index (κ2) is 6.44. The predicted molar refractivity (Wildman–Crippen MR) is 109 cm³/mol. The fourth-order valence-corrected chi connectivity index (χ4v) is 4.71. The Morgan fingerprint density at radius 1 is 0.966 bits per heavy atom. The summed E-state index contributed by atoms with van der Waals surface area (Å²) in [5, 5.41) is 3.01. The van der Waals surface area contributed by atoms with Gasteiger partial charge in [-0.2, -0.15) is 0 Å². The third kappa shape index (κ3) is 2.52. The number of aromatic nitrogens is 1. The van der Waals surface area contributed by atoms with Gasteiger partial charge in [0.15, 0.2) is 0 Å². The highest BCUT2D eigenvalue weighted by molar-refractivity contribution is 6.08. The average Bonchev–Trinajstić information content (AvgIpc) is 3.28. The molecule has 0 bridgehead atoms. The summed E-state index contributed by atoms with van der Waals surface area (Å²) >= 11 is 0. The lowest BCUT2D eigenvalue weighted by Gasteiger charge is -2.34. The molecule has 6 heteroatoms. The van der Waals surface area contributed by atoms with Gasteiger partial charge in [0.25, 0.3) is 5.91 Å². The minimum Gasteiger partial charge on any atom is -0.330 e. The number of anilines is 1. The predicted octanol–water partition coefficient (Wildman–Crippen LogP) is 2.85. The maximum absolute atomic E-state index is 13.4. The van der Waals surface area contributed by atoms with Crippen molar-refractivity contribution in [1.29, 1.82) is 0 Å². The molecule has 5 rings (SSSR count).